The standard InChI is InChI=1S/C10H13NO4/c12-6-8(7-13)5-9-3-1-2-4-10(9)11(14)15/h1-4,8,12-13H,5-7H2. The summed E-state index contributed by atoms with van der Waals surface area (Å²) in [5, 5.41) is 28.4. The second kappa shape index (κ2) is 5.43. The second-order valence-corrected chi connectivity index (χ2v) is 3.32. The van der Waals surface area contributed by atoms with Crippen LogP contribution in [0.1, 0.15) is 5.56 Å². The van der Waals surface area contributed by atoms with Crippen LogP contribution < -0.4 is 0 Å². The minimum absolute atomic E-state index is 0.0319. The molecule has 0 aliphatic rings. The first-order valence-electron chi connectivity index (χ1n) is 4.63. The second-order valence-electron chi connectivity index (χ2n) is 3.32. The van der Waals surface area contributed by atoms with Gasteiger partial charge < -0.3 is 10.2 Å². The number of benzene rings is 1. The summed E-state index contributed by atoms with van der Waals surface area (Å²) in [6, 6.07) is 6.35. The highest BCUT2D eigenvalue weighted by Crippen LogP contribution is 2.20. The Morgan fingerprint density at radius 1 is 1.27 bits per heavy atom. The van der Waals surface area contributed by atoms with E-state index in [0.29, 0.717) is 12.0 Å². The minimum atomic E-state index is -0.457. The van der Waals surface area contributed by atoms with E-state index in [0.717, 1.165) is 0 Å². The molecule has 1 aromatic rings. The van der Waals surface area contributed by atoms with Crippen LogP contribution in [-0.2, 0) is 6.42 Å². The normalized spacial score (nSPS) is 10.6. The number of hydrogen-bond acceptors (Lipinski definition) is 4. The van der Waals surface area contributed by atoms with E-state index in [1.807, 2.05) is 0 Å². The van der Waals surface area contributed by atoms with Gasteiger partial charge in [0.1, 0.15) is 0 Å². The van der Waals surface area contributed by atoms with Crippen molar-refractivity contribution in [1.29, 1.82) is 0 Å². The maximum absolute atomic E-state index is 10.7. The summed E-state index contributed by atoms with van der Waals surface area (Å²) in [5.41, 5.74) is 0.569. The van der Waals surface area contributed by atoms with Gasteiger partial charge in [-0.3, -0.25) is 10.1 Å². The molecule has 0 atom stereocenters. The van der Waals surface area contributed by atoms with E-state index >= 15 is 0 Å². The van der Waals surface area contributed by atoms with Crippen LogP contribution in [0.2, 0.25) is 0 Å². The van der Waals surface area contributed by atoms with Crippen LogP contribution >= 0.6 is 0 Å². The Morgan fingerprint density at radius 2 is 1.87 bits per heavy atom. The number of nitrogens with zero attached hydrogens (tertiary/aromatic N) is 1. The number of rotatable bonds is 5. The van der Waals surface area contributed by atoms with Gasteiger partial charge >= 0.3 is 0 Å². The first kappa shape index (κ1) is 11.6. The van der Waals surface area contributed by atoms with Crippen molar-refractivity contribution in [3.8, 4) is 0 Å². The Morgan fingerprint density at radius 3 is 2.40 bits per heavy atom. The van der Waals surface area contributed by atoms with Gasteiger partial charge in [0.15, 0.2) is 0 Å². The topological polar surface area (TPSA) is 83.6 Å². The fourth-order valence-corrected chi connectivity index (χ4v) is 1.36. The van der Waals surface area contributed by atoms with E-state index in [4.69, 9.17) is 10.2 Å². The zero-order valence-corrected chi connectivity index (χ0v) is 8.17. The average Bonchev–Trinajstić information content (AvgIpc) is 2.26. The zero-order valence-electron chi connectivity index (χ0n) is 8.17. The number of hydrogen-bond donors (Lipinski definition) is 2. The Kier molecular flexibility index (Phi) is 4.20. The maximum atomic E-state index is 10.7. The minimum Gasteiger partial charge on any atom is -0.396 e. The molecule has 0 saturated heterocycles. The first-order chi connectivity index (χ1) is 7.19. The number of nitro benzene ring substituents is 1. The lowest BCUT2D eigenvalue weighted by Crippen LogP contribution is -2.14. The van der Waals surface area contributed by atoms with Gasteiger partial charge in [0.05, 0.1) is 4.92 Å². The summed E-state index contributed by atoms with van der Waals surface area (Å²) < 4.78 is 0. The van der Waals surface area contributed by atoms with Crippen LogP contribution in [0.4, 0.5) is 5.69 Å². The van der Waals surface area contributed by atoms with E-state index in [1.165, 1.54) is 6.07 Å². The number of para-hydroxylation sites is 1. The molecule has 0 aliphatic heterocycles. The number of nitro groups is 1. The van der Waals surface area contributed by atoms with E-state index in [1.54, 1.807) is 18.2 Å². The molecule has 5 heteroatoms. The molecule has 82 valence electrons. The number of aliphatic hydroxyl groups is 2. The van der Waals surface area contributed by atoms with Crippen LogP contribution in [0.5, 0.6) is 0 Å². The predicted octanol–water partition coefficient (Wildman–Crippen LogP) is 0.738. The summed E-state index contributed by atoms with van der Waals surface area (Å²) >= 11 is 0. The molecule has 0 radical (unpaired) electrons. The van der Waals surface area contributed by atoms with Crippen molar-refractivity contribution < 1.29 is 15.1 Å². The third kappa shape index (κ3) is 3.00. The highest BCUT2D eigenvalue weighted by molar-refractivity contribution is 5.39. The van der Waals surface area contributed by atoms with Gasteiger partial charge in [0.2, 0.25) is 0 Å². The van der Waals surface area contributed by atoms with Crippen molar-refractivity contribution in [2.24, 2.45) is 5.92 Å². The Hall–Kier alpha value is -1.46. The molecule has 0 aliphatic carbocycles. The van der Waals surface area contributed by atoms with E-state index in [9.17, 15) is 10.1 Å². The third-order valence-corrected chi connectivity index (χ3v) is 2.21. The van der Waals surface area contributed by atoms with Crippen molar-refractivity contribution in [3.63, 3.8) is 0 Å². The molecule has 0 spiro atoms. The van der Waals surface area contributed by atoms with Crippen LogP contribution in [-0.4, -0.2) is 28.4 Å². The lowest BCUT2D eigenvalue weighted by Gasteiger charge is -2.10. The van der Waals surface area contributed by atoms with Crippen molar-refractivity contribution in [1.82, 2.24) is 0 Å². The van der Waals surface area contributed by atoms with Crippen LogP contribution in [0.15, 0.2) is 24.3 Å². The highest BCUT2D eigenvalue weighted by atomic mass is 16.6. The zero-order chi connectivity index (χ0) is 11.3. The van der Waals surface area contributed by atoms with Gasteiger partial charge in [-0.25, -0.2) is 0 Å². The fourth-order valence-electron chi connectivity index (χ4n) is 1.36. The van der Waals surface area contributed by atoms with E-state index < -0.39 is 4.92 Å². The molecule has 0 saturated carbocycles. The monoisotopic (exact) mass is 211 g/mol. The van der Waals surface area contributed by atoms with Crippen LogP contribution in [0.3, 0.4) is 0 Å². The fraction of sp³-hybridized carbons (Fsp3) is 0.400. The third-order valence-electron chi connectivity index (χ3n) is 2.21. The molecule has 0 aromatic heterocycles. The lowest BCUT2D eigenvalue weighted by molar-refractivity contribution is -0.385. The summed E-state index contributed by atoms with van der Waals surface area (Å²) in [7, 11) is 0. The van der Waals surface area contributed by atoms with Crippen molar-refractivity contribution in [2.75, 3.05) is 13.2 Å². The molecule has 0 amide bonds. The largest absolute Gasteiger partial charge is 0.396 e. The summed E-state index contributed by atoms with van der Waals surface area (Å²) in [5.74, 6) is -0.342. The van der Waals surface area contributed by atoms with Gasteiger partial charge in [0.25, 0.3) is 5.69 Å². The summed E-state index contributed by atoms with van der Waals surface area (Å²) in [6.07, 6.45) is 0.310. The molecule has 15 heavy (non-hydrogen) atoms. The molecule has 5 nitrogen and oxygen atoms in total. The molecule has 1 aromatic carbocycles. The molecule has 0 bridgehead atoms. The Balaban J connectivity index is 2.88. The summed E-state index contributed by atoms with van der Waals surface area (Å²) in [6.45, 7) is -0.356. The van der Waals surface area contributed by atoms with Gasteiger partial charge in [0, 0.05) is 30.8 Å². The molecular weight excluding hydrogens is 198 g/mol. The Bertz CT molecular complexity index is 336. The smallest absolute Gasteiger partial charge is 0.272 e. The van der Waals surface area contributed by atoms with Crippen molar-refractivity contribution >= 4 is 5.69 Å². The van der Waals surface area contributed by atoms with Gasteiger partial charge in [-0.1, -0.05) is 18.2 Å². The van der Waals surface area contributed by atoms with E-state index in [2.05, 4.69) is 0 Å². The average molecular weight is 211 g/mol. The SMILES string of the molecule is O=[N+]([O-])c1ccccc1CC(CO)CO. The van der Waals surface area contributed by atoms with Crippen LogP contribution in [0, 0.1) is 16.0 Å². The number of aliphatic hydroxyl groups excluding tert-OH is 2. The van der Waals surface area contributed by atoms with Gasteiger partial charge in [-0.2, -0.15) is 0 Å². The van der Waals surface area contributed by atoms with E-state index in [-0.39, 0.29) is 24.8 Å². The van der Waals surface area contributed by atoms with Crippen LogP contribution in [0.25, 0.3) is 0 Å². The van der Waals surface area contributed by atoms with Gasteiger partial charge in [-0.15, -0.1) is 0 Å². The summed E-state index contributed by atoms with van der Waals surface area (Å²) in [4.78, 5) is 10.2. The first-order valence-corrected chi connectivity index (χ1v) is 4.63. The highest BCUT2D eigenvalue weighted by Gasteiger charge is 2.16. The maximum Gasteiger partial charge on any atom is 0.272 e. The molecule has 1 rings (SSSR count). The predicted molar refractivity (Wildman–Crippen MR) is 54.5 cm³/mol. The molecule has 0 fully saturated rings. The molecular formula is C10H13NO4. The van der Waals surface area contributed by atoms with Crippen molar-refractivity contribution in [3.05, 3.63) is 39.9 Å². The molecule has 0 heterocycles. The van der Waals surface area contributed by atoms with Crippen molar-refractivity contribution in [2.45, 2.75) is 6.42 Å². The molecule has 2 N–H and O–H groups in total. The Labute approximate surface area is 87.1 Å². The lowest BCUT2D eigenvalue weighted by atomic mass is 9.99. The van der Waals surface area contributed by atoms with Gasteiger partial charge in [-0.05, 0) is 6.42 Å². The molecule has 0 unspecified atom stereocenters. The quantitative estimate of drug-likeness (QED) is 0.555.